The maximum absolute atomic E-state index is 13.0. The fraction of sp³-hybridized carbons (Fsp3) is 0.476. The summed E-state index contributed by atoms with van der Waals surface area (Å²) in [4.78, 5) is 51.0. The molecular weight excluding hydrogens is 883 g/mol. The van der Waals surface area contributed by atoms with Crippen molar-refractivity contribution in [3.63, 3.8) is 0 Å². The summed E-state index contributed by atoms with van der Waals surface area (Å²) in [5, 5.41) is 17.9. The summed E-state index contributed by atoms with van der Waals surface area (Å²) in [5.41, 5.74) is 3.19. The number of rotatable bonds is 10. The maximum atomic E-state index is 13.0. The zero-order valence-corrected chi connectivity index (χ0v) is 39.2. The first kappa shape index (κ1) is 48.4. The van der Waals surface area contributed by atoms with Crippen LogP contribution < -0.4 is 34.5 Å². The van der Waals surface area contributed by atoms with Gasteiger partial charge in [0.15, 0.2) is 17.5 Å². The van der Waals surface area contributed by atoms with Crippen molar-refractivity contribution in [1.29, 1.82) is 0 Å². The van der Waals surface area contributed by atoms with Crippen LogP contribution in [0.4, 0.5) is 34.4 Å². The van der Waals surface area contributed by atoms with Crippen LogP contribution in [0.3, 0.4) is 0 Å². The van der Waals surface area contributed by atoms with E-state index in [1.54, 1.807) is 54.5 Å². The number of anilines is 6. The monoisotopic (exact) mass is 938 g/mol. The highest BCUT2D eigenvalue weighted by Crippen LogP contribution is 2.41. The van der Waals surface area contributed by atoms with Crippen molar-refractivity contribution in [3.8, 4) is 11.4 Å². The number of nitrogens with one attached hydrogen (secondary N) is 2. The van der Waals surface area contributed by atoms with Crippen LogP contribution in [0.25, 0.3) is 11.4 Å². The summed E-state index contributed by atoms with van der Waals surface area (Å²) < 4.78 is 49.6. The molecule has 4 aliphatic rings. The molecular formula is C42H56BClN10O8S2. The Labute approximate surface area is 380 Å². The van der Waals surface area contributed by atoms with Crippen LogP contribution in [0.15, 0.2) is 60.9 Å². The number of hydrogen-bond donors (Lipinski definition) is 4. The fourth-order valence-electron chi connectivity index (χ4n) is 8.80. The van der Waals surface area contributed by atoms with Crippen LogP contribution in [-0.4, -0.2) is 117 Å². The zero-order chi connectivity index (χ0) is 46.5. The highest BCUT2D eigenvalue weighted by atomic mass is 35.5. The number of hydrogen-bond acceptors (Lipinski definition) is 14. The lowest BCUT2D eigenvalue weighted by Crippen LogP contribution is -2.55. The van der Waals surface area contributed by atoms with Gasteiger partial charge in [-0.2, -0.15) is 4.98 Å². The molecule has 2 aromatic heterocycles. The standard InChI is InChI=1S/C21H27N5O3S.C14H19ClN4O.C7H10BNO4S/c1-4-17-21(27)25(2)18-13-22-19(23-20(18)26(17)16-10-5-6-11-16)14-8-7-9-15(12-14)24-30(3,28)29;1-3-10-13(20)18(2)11-8-16-14(15)17-12(11)19(10)9-6-4-5-7-9;1-14(12,13)9-7-4-2-3-6(5-7)8(10)11/h7-9,12-13,16-17,24H,4-6,10-11H2,1-3H3;8-10H,3-7H2,1-2H3;2-5,9-11H,1H3/t17-;10-;/m11./s1. The maximum Gasteiger partial charge on any atom is 0.488 e. The Morgan fingerprint density at radius 2 is 1.16 bits per heavy atom. The molecule has 2 saturated carbocycles. The summed E-state index contributed by atoms with van der Waals surface area (Å²) in [6, 6.07) is 13.2. The molecule has 0 saturated heterocycles. The Kier molecular flexibility index (Phi) is 15.4. The van der Waals surface area contributed by atoms with E-state index in [-0.39, 0.29) is 34.6 Å². The molecule has 0 bridgehead atoms. The SMILES string of the molecule is CC[C@@H]1C(=O)N(C)c2cnc(-c3cccc(NS(C)(=O)=O)c3)nc2N1C1CCCC1.CC[C@@H]1C(=O)N(C)c2cnc(Cl)nc2N1C1CCCC1.CS(=O)(=O)Nc1cccc(B(O)O)c1. The molecule has 0 spiro atoms. The molecule has 18 nitrogen and oxygen atoms in total. The van der Waals surface area contributed by atoms with Crippen LogP contribution in [0.5, 0.6) is 0 Å². The molecule has 2 amide bonds. The van der Waals surface area contributed by atoms with Crippen LogP contribution >= 0.6 is 11.6 Å². The topological polar surface area (TPSA) is 231 Å². The van der Waals surface area contributed by atoms with Crippen LogP contribution in [0.2, 0.25) is 5.28 Å². The molecule has 2 aromatic carbocycles. The number of halogens is 1. The molecule has 2 aliphatic heterocycles. The number of sulfonamides is 2. The zero-order valence-electron chi connectivity index (χ0n) is 36.8. The number of amides is 2. The molecule has 4 N–H and O–H groups in total. The number of likely N-dealkylation sites (N-methyl/N-ethyl adjacent to an activating group) is 2. The molecule has 64 heavy (non-hydrogen) atoms. The van der Waals surface area contributed by atoms with Gasteiger partial charge < -0.3 is 29.6 Å². The van der Waals surface area contributed by atoms with E-state index in [1.807, 2.05) is 19.9 Å². The van der Waals surface area contributed by atoms with Crippen LogP contribution in [0.1, 0.15) is 78.1 Å². The van der Waals surface area contributed by atoms with Gasteiger partial charge in [-0.05, 0) is 79.9 Å². The third kappa shape index (κ3) is 11.4. The molecule has 2 atom stereocenters. The number of aromatic nitrogens is 4. The molecule has 0 unspecified atom stereocenters. The number of carbonyl (C=O) groups excluding carboxylic acids is 2. The second-order valence-corrected chi connectivity index (χ2v) is 20.2. The van der Waals surface area contributed by atoms with Crippen molar-refractivity contribution in [3.05, 3.63) is 66.2 Å². The minimum absolute atomic E-state index is 0.0765. The number of nitrogens with zero attached hydrogens (tertiary/aromatic N) is 8. The molecule has 4 heterocycles. The van der Waals surface area contributed by atoms with Crippen LogP contribution in [-0.2, 0) is 29.6 Å². The average molecular weight is 939 g/mol. The first-order chi connectivity index (χ1) is 30.3. The second-order valence-electron chi connectivity index (χ2n) is 16.4. The van der Waals surface area contributed by atoms with Gasteiger partial charge in [0, 0.05) is 43.1 Å². The van der Waals surface area contributed by atoms with E-state index in [4.69, 9.17) is 26.6 Å². The van der Waals surface area contributed by atoms with Gasteiger partial charge in [-0.1, -0.05) is 63.8 Å². The second kappa shape index (κ2) is 20.4. The lowest BCUT2D eigenvalue weighted by molar-refractivity contribution is -0.120. The third-order valence-electron chi connectivity index (χ3n) is 11.7. The van der Waals surface area contributed by atoms with Gasteiger partial charge in [-0.15, -0.1) is 0 Å². The van der Waals surface area contributed by atoms with Crippen molar-refractivity contribution in [2.75, 3.05) is 55.7 Å². The molecule has 0 radical (unpaired) electrons. The van der Waals surface area contributed by atoms with Crippen molar-refractivity contribution in [2.24, 2.45) is 0 Å². The Bertz CT molecular complexity index is 2550. The van der Waals surface area contributed by atoms with E-state index in [2.05, 4.69) is 34.2 Å². The lowest BCUT2D eigenvalue weighted by Gasteiger charge is -2.43. The van der Waals surface area contributed by atoms with Crippen molar-refractivity contribution >= 4 is 90.4 Å². The smallest absolute Gasteiger partial charge is 0.423 e. The molecule has 2 fully saturated rings. The van der Waals surface area contributed by atoms with Gasteiger partial charge >= 0.3 is 7.12 Å². The Hall–Kier alpha value is -5.09. The summed E-state index contributed by atoms with van der Waals surface area (Å²) in [6.45, 7) is 4.08. The predicted molar refractivity (Wildman–Crippen MR) is 252 cm³/mol. The number of fused-ring (bicyclic) bond motifs is 2. The normalized spacial score (nSPS) is 19.0. The van der Waals surface area contributed by atoms with Crippen molar-refractivity contribution in [1.82, 2.24) is 19.9 Å². The molecule has 8 rings (SSSR count). The Balaban J connectivity index is 0.000000173. The van der Waals surface area contributed by atoms with E-state index in [0.717, 1.165) is 74.8 Å². The molecule has 2 aliphatic carbocycles. The lowest BCUT2D eigenvalue weighted by atomic mass is 9.80. The molecule has 344 valence electrons. The predicted octanol–water partition coefficient (Wildman–Crippen LogP) is 4.39. The fourth-order valence-corrected chi connectivity index (χ4v) is 10.0. The quantitative estimate of drug-likeness (QED) is 0.128. The summed E-state index contributed by atoms with van der Waals surface area (Å²) in [6.07, 6.45) is 16.1. The minimum atomic E-state index is -3.38. The first-order valence-electron chi connectivity index (χ1n) is 21.3. The van der Waals surface area contributed by atoms with Gasteiger partial charge in [-0.3, -0.25) is 19.0 Å². The summed E-state index contributed by atoms with van der Waals surface area (Å²) in [5.74, 6) is 2.30. The van der Waals surface area contributed by atoms with E-state index in [1.165, 1.54) is 37.1 Å². The summed E-state index contributed by atoms with van der Waals surface area (Å²) in [7, 11) is -4.75. The van der Waals surface area contributed by atoms with Gasteiger partial charge in [0.25, 0.3) is 0 Å². The summed E-state index contributed by atoms with van der Waals surface area (Å²) >= 11 is 5.97. The van der Waals surface area contributed by atoms with E-state index >= 15 is 0 Å². The molecule has 4 aromatic rings. The van der Waals surface area contributed by atoms with Gasteiger partial charge in [0.1, 0.15) is 23.5 Å². The van der Waals surface area contributed by atoms with Crippen LogP contribution in [0, 0.1) is 0 Å². The van der Waals surface area contributed by atoms with E-state index < -0.39 is 27.2 Å². The van der Waals surface area contributed by atoms with E-state index in [9.17, 15) is 26.4 Å². The minimum Gasteiger partial charge on any atom is -0.423 e. The van der Waals surface area contributed by atoms with Gasteiger partial charge in [0.2, 0.25) is 37.1 Å². The third-order valence-corrected chi connectivity index (χ3v) is 13.1. The average Bonchev–Trinajstić information content (AvgIpc) is 3.98. The highest BCUT2D eigenvalue weighted by molar-refractivity contribution is 7.92. The van der Waals surface area contributed by atoms with Crippen molar-refractivity contribution < 1.29 is 36.5 Å². The largest absolute Gasteiger partial charge is 0.488 e. The van der Waals surface area contributed by atoms with E-state index in [0.29, 0.717) is 47.0 Å². The molecule has 22 heteroatoms. The Morgan fingerprint density at radius 1 is 0.703 bits per heavy atom. The number of carbonyl (C=O) groups is 2. The highest BCUT2D eigenvalue weighted by Gasteiger charge is 2.42. The Morgan fingerprint density at radius 3 is 1.62 bits per heavy atom. The van der Waals surface area contributed by atoms with Gasteiger partial charge in [0.05, 0.1) is 24.9 Å². The van der Waals surface area contributed by atoms with Gasteiger partial charge in [-0.25, -0.2) is 31.8 Å². The number of benzene rings is 2. The first-order valence-corrected chi connectivity index (χ1v) is 25.5. The van der Waals surface area contributed by atoms with Crippen molar-refractivity contribution in [2.45, 2.75) is 102 Å².